The van der Waals surface area contributed by atoms with Crippen molar-refractivity contribution in [2.75, 3.05) is 0 Å². The minimum atomic E-state index is -6.00. The second-order valence-corrected chi connectivity index (χ2v) is 10.1. The number of ketones is 4. The molecule has 0 N–H and O–H groups in total. The van der Waals surface area contributed by atoms with Crippen LogP contribution >= 0.6 is 0 Å². The van der Waals surface area contributed by atoms with Crippen molar-refractivity contribution in [2.24, 2.45) is 0 Å². The van der Waals surface area contributed by atoms with Gasteiger partial charge < -0.3 is 34.5 Å². The molecule has 0 saturated carbocycles. The summed E-state index contributed by atoms with van der Waals surface area (Å²) in [6, 6.07) is 22.9. The van der Waals surface area contributed by atoms with Crippen molar-refractivity contribution in [3.8, 4) is 0 Å². The first-order valence-electron chi connectivity index (χ1n) is 15.0. The van der Waals surface area contributed by atoms with Crippen molar-refractivity contribution in [3.05, 3.63) is 180 Å². The van der Waals surface area contributed by atoms with Crippen LogP contribution < -0.4 is 0 Å². The zero-order valence-corrected chi connectivity index (χ0v) is 28.4. The van der Waals surface area contributed by atoms with Gasteiger partial charge in [0.1, 0.15) is 22.8 Å². The average Bonchev–Trinajstić information content (AvgIpc) is 3.17. The molecule has 21 heteroatoms. The van der Waals surface area contributed by atoms with E-state index < -0.39 is 14.5 Å². The number of pyridine rings is 6. The van der Waals surface area contributed by atoms with E-state index in [2.05, 4.69) is 29.9 Å². The van der Waals surface area contributed by atoms with E-state index in [9.17, 15) is 53.7 Å². The number of rotatable bonds is 8. The zero-order chi connectivity index (χ0) is 39.7. The number of hydrogen-bond acceptors (Lipinski definition) is 10. The molecule has 0 aromatic carbocycles. The molecule has 0 amide bonds. The van der Waals surface area contributed by atoms with Crippen LogP contribution in [-0.2, 0) is 17.1 Å². The van der Waals surface area contributed by atoms with Crippen molar-refractivity contribution >= 4 is 37.6 Å². The van der Waals surface area contributed by atoms with Gasteiger partial charge in [0, 0.05) is 71.8 Å². The Kier molecular flexibility index (Phi) is 17.4. The zero-order valence-electron chi connectivity index (χ0n) is 27.5. The van der Waals surface area contributed by atoms with Gasteiger partial charge in [0.05, 0.1) is 0 Å². The molecule has 6 heterocycles. The Labute approximate surface area is 317 Å². The van der Waals surface area contributed by atoms with Gasteiger partial charge >= 0.3 is 31.6 Å². The number of carbonyl (C=O) groups excluding carboxylic acids is 4. The molecule has 0 atom stereocenters. The summed E-state index contributed by atoms with van der Waals surface area (Å²) in [5.41, 5.74) is 2.57. The Morgan fingerprint density at radius 2 is 0.564 bits per heavy atom. The minimum absolute atomic E-state index is 0. The van der Waals surface area contributed by atoms with Gasteiger partial charge in [-0.05, 0) is 72.8 Å². The molecule has 10 nitrogen and oxygen atoms in total. The van der Waals surface area contributed by atoms with Gasteiger partial charge in [-0.1, -0.05) is 12.1 Å². The molecular weight excluding hydrogens is 794 g/mol. The number of hydrogen-bond donors (Lipinski definition) is 0. The molecule has 0 bridgehead atoms. The third-order valence-electron chi connectivity index (χ3n) is 6.12. The van der Waals surface area contributed by atoms with E-state index in [1.807, 2.05) is 0 Å². The fraction of sp³-hybridized carbons (Fsp3) is 0. The van der Waals surface area contributed by atoms with E-state index in [1.165, 1.54) is 24.8 Å². The summed E-state index contributed by atoms with van der Waals surface area (Å²) in [6.45, 7) is 0. The van der Waals surface area contributed by atoms with Crippen LogP contribution in [0.15, 0.2) is 135 Å². The molecule has 0 saturated heterocycles. The van der Waals surface area contributed by atoms with E-state index in [0.29, 0.717) is 22.3 Å². The predicted octanol–water partition coefficient (Wildman–Crippen LogP) is 7.26. The molecular formula is C34H22B2CuF8N6O4. The number of carbonyl (C=O) groups is 4. The molecule has 0 spiro atoms. The quantitative estimate of drug-likeness (QED) is 0.0874. The average molecular weight is 816 g/mol. The summed E-state index contributed by atoms with van der Waals surface area (Å²) >= 11 is 0. The molecule has 0 aliphatic rings. The molecule has 6 rings (SSSR count). The topological polar surface area (TPSA) is 146 Å². The van der Waals surface area contributed by atoms with Gasteiger partial charge in [0.25, 0.3) is 0 Å². The molecule has 0 fully saturated rings. The first-order chi connectivity index (χ1) is 25.5. The van der Waals surface area contributed by atoms with Crippen LogP contribution in [0.25, 0.3) is 0 Å². The summed E-state index contributed by atoms with van der Waals surface area (Å²) in [7, 11) is -12.0. The van der Waals surface area contributed by atoms with Crippen LogP contribution in [0, 0.1) is 0 Å². The van der Waals surface area contributed by atoms with Gasteiger partial charge in [0.2, 0.25) is 23.1 Å². The summed E-state index contributed by atoms with van der Waals surface area (Å²) in [5, 5.41) is 0. The van der Waals surface area contributed by atoms with Crippen molar-refractivity contribution in [1.29, 1.82) is 0 Å². The van der Waals surface area contributed by atoms with Gasteiger partial charge in [0.15, 0.2) is 0 Å². The Balaban J connectivity index is 0.000000301. The Hall–Kier alpha value is -6.33. The monoisotopic (exact) mass is 815 g/mol. The SMILES string of the molecule is F[B-](F)(F)F.F[B-](F)(F)F.O=C(c1cccnc1)c1cccc(C(=O)c2cccnc2)n1.O=C(c1cccnc1)c1cccc(C(=O)c2cccnc2)n1.[Cu+2]. The van der Waals surface area contributed by atoms with Crippen LogP contribution in [0.4, 0.5) is 34.5 Å². The third kappa shape index (κ3) is 16.5. The Morgan fingerprint density at radius 1 is 0.364 bits per heavy atom. The minimum Gasteiger partial charge on any atom is -0.418 e. The number of halogens is 8. The van der Waals surface area contributed by atoms with Gasteiger partial charge in [-0.15, -0.1) is 0 Å². The summed E-state index contributed by atoms with van der Waals surface area (Å²) < 4.78 is 78.0. The first-order valence-corrected chi connectivity index (χ1v) is 15.0. The fourth-order valence-corrected chi connectivity index (χ4v) is 3.96. The second-order valence-electron chi connectivity index (χ2n) is 10.1. The maximum atomic E-state index is 12.3. The van der Waals surface area contributed by atoms with Crippen molar-refractivity contribution in [3.63, 3.8) is 0 Å². The molecule has 1 radical (unpaired) electrons. The molecule has 0 aliphatic heterocycles. The van der Waals surface area contributed by atoms with Gasteiger partial charge in [-0.25, -0.2) is 9.97 Å². The molecule has 6 aromatic rings. The summed E-state index contributed by atoms with van der Waals surface area (Å²) in [4.78, 5) is 73.3. The van der Waals surface area contributed by atoms with Gasteiger partial charge in [-0.2, -0.15) is 0 Å². The normalized spacial score (nSPS) is 10.3. The van der Waals surface area contributed by atoms with Crippen molar-refractivity contribution in [1.82, 2.24) is 29.9 Å². The van der Waals surface area contributed by atoms with Crippen LogP contribution in [0.3, 0.4) is 0 Å². The Bertz CT molecular complexity index is 1860. The van der Waals surface area contributed by atoms with Crippen molar-refractivity contribution in [2.45, 2.75) is 0 Å². The van der Waals surface area contributed by atoms with Crippen LogP contribution in [-0.4, -0.2) is 67.5 Å². The van der Waals surface area contributed by atoms with Crippen LogP contribution in [0.5, 0.6) is 0 Å². The van der Waals surface area contributed by atoms with E-state index >= 15 is 0 Å². The molecule has 6 aromatic heterocycles. The van der Waals surface area contributed by atoms with E-state index in [-0.39, 0.29) is 63.0 Å². The van der Waals surface area contributed by atoms with Crippen LogP contribution in [0.1, 0.15) is 64.2 Å². The first kappa shape index (κ1) is 44.8. The predicted molar refractivity (Wildman–Crippen MR) is 180 cm³/mol. The maximum absolute atomic E-state index is 12.3. The second kappa shape index (κ2) is 21.4. The molecule has 0 unspecified atom stereocenters. The molecule has 55 heavy (non-hydrogen) atoms. The number of nitrogens with zero attached hydrogens (tertiary/aromatic N) is 6. The molecule has 285 valence electrons. The third-order valence-corrected chi connectivity index (χ3v) is 6.12. The van der Waals surface area contributed by atoms with Crippen molar-refractivity contribution < 1.29 is 70.8 Å². The van der Waals surface area contributed by atoms with E-state index in [1.54, 1.807) is 110 Å². The number of aromatic nitrogens is 6. The summed E-state index contributed by atoms with van der Waals surface area (Å²) in [5.74, 6) is -1.08. The molecule has 0 aliphatic carbocycles. The van der Waals surface area contributed by atoms with Gasteiger partial charge in [-0.3, -0.25) is 39.1 Å². The van der Waals surface area contributed by atoms with E-state index in [4.69, 9.17) is 0 Å². The van der Waals surface area contributed by atoms with E-state index in [0.717, 1.165) is 0 Å². The van der Waals surface area contributed by atoms with Crippen LogP contribution in [0.2, 0.25) is 0 Å². The maximum Gasteiger partial charge on any atom is 2.00 e. The largest absolute Gasteiger partial charge is 2.00 e. The summed E-state index contributed by atoms with van der Waals surface area (Å²) in [6.07, 6.45) is 12.2. The standard InChI is InChI=1S/2C17H11N3O2.2BF4.Cu/c2*21-16(12-4-2-8-18-10-12)14-6-1-7-15(20-14)17(22)13-5-3-9-19-11-13;2*2-1(3,4)5;/h2*1-11H;;;/q;;2*-1;+2. The fourth-order valence-electron chi connectivity index (χ4n) is 3.96. The Morgan fingerprint density at radius 3 is 0.727 bits per heavy atom. The smallest absolute Gasteiger partial charge is 0.418 e.